The van der Waals surface area contributed by atoms with Gasteiger partial charge >= 0.3 is 0 Å². The van der Waals surface area contributed by atoms with Crippen LogP contribution in [0.25, 0.3) is 11.1 Å². The molecule has 2 aromatic rings. The number of aryl methyl sites for hydroxylation is 2. The van der Waals surface area contributed by atoms with E-state index >= 15 is 0 Å². The van der Waals surface area contributed by atoms with Crippen LogP contribution in [0.2, 0.25) is 0 Å². The molecular formula is C15H16O2. The van der Waals surface area contributed by atoms with Gasteiger partial charge in [-0.3, -0.25) is 0 Å². The predicted molar refractivity (Wildman–Crippen MR) is 69.6 cm³/mol. The van der Waals surface area contributed by atoms with Crippen LogP contribution < -0.4 is 4.74 Å². The first-order valence-corrected chi connectivity index (χ1v) is 5.56. The van der Waals surface area contributed by atoms with E-state index in [-0.39, 0.29) is 0 Å². The Hall–Kier alpha value is -1.96. The van der Waals surface area contributed by atoms with Gasteiger partial charge < -0.3 is 9.84 Å². The van der Waals surface area contributed by atoms with Crippen molar-refractivity contribution < 1.29 is 9.84 Å². The topological polar surface area (TPSA) is 29.5 Å². The molecule has 17 heavy (non-hydrogen) atoms. The molecule has 0 aliphatic rings. The summed E-state index contributed by atoms with van der Waals surface area (Å²) in [6.45, 7) is 3.94. The molecule has 0 unspecified atom stereocenters. The van der Waals surface area contributed by atoms with Gasteiger partial charge in [0.05, 0.1) is 7.11 Å². The van der Waals surface area contributed by atoms with Crippen molar-refractivity contribution in [3.8, 4) is 22.6 Å². The van der Waals surface area contributed by atoms with E-state index in [0.29, 0.717) is 5.75 Å². The molecule has 0 heterocycles. The van der Waals surface area contributed by atoms with Crippen molar-refractivity contribution >= 4 is 0 Å². The molecule has 0 aromatic heterocycles. The minimum atomic E-state index is 0.320. The molecule has 0 aliphatic carbocycles. The van der Waals surface area contributed by atoms with Gasteiger partial charge in [-0.2, -0.15) is 0 Å². The maximum absolute atomic E-state index is 9.54. The van der Waals surface area contributed by atoms with Crippen LogP contribution in [0.15, 0.2) is 36.4 Å². The first-order valence-electron chi connectivity index (χ1n) is 5.56. The second-order valence-electron chi connectivity index (χ2n) is 4.21. The summed E-state index contributed by atoms with van der Waals surface area (Å²) >= 11 is 0. The number of aromatic hydroxyl groups is 1. The summed E-state index contributed by atoms with van der Waals surface area (Å²) in [5.41, 5.74) is 4.16. The molecule has 0 saturated carbocycles. The maximum Gasteiger partial charge on any atom is 0.126 e. The highest BCUT2D eigenvalue weighted by Gasteiger charge is 2.07. The Morgan fingerprint density at radius 3 is 2.41 bits per heavy atom. The Morgan fingerprint density at radius 2 is 1.76 bits per heavy atom. The highest BCUT2D eigenvalue weighted by Crippen LogP contribution is 2.33. The van der Waals surface area contributed by atoms with E-state index in [4.69, 9.17) is 4.74 Å². The fourth-order valence-corrected chi connectivity index (χ4v) is 1.87. The van der Waals surface area contributed by atoms with Gasteiger partial charge in [0.15, 0.2) is 0 Å². The minimum Gasteiger partial charge on any atom is -0.508 e. The van der Waals surface area contributed by atoms with Crippen LogP contribution >= 0.6 is 0 Å². The minimum absolute atomic E-state index is 0.320. The molecule has 0 bridgehead atoms. The molecule has 0 amide bonds. The van der Waals surface area contributed by atoms with Crippen LogP contribution in [0.4, 0.5) is 0 Å². The number of methoxy groups -OCH3 is 1. The standard InChI is InChI=1S/C15H16O2/c1-10-4-7-15(17-3)13(8-10)12-5-6-14(16)11(2)9-12/h4-9,16H,1-3H3. The fourth-order valence-electron chi connectivity index (χ4n) is 1.87. The Balaban J connectivity index is 2.58. The summed E-state index contributed by atoms with van der Waals surface area (Å²) in [6.07, 6.45) is 0. The van der Waals surface area contributed by atoms with E-state index in [0.717, 1.165) is 22.4 Å². The lowest BCUT2D eigenvalue weighted by atomic mass is 10.0. The lowest BCUT2D eigenvalue weighted by Gasteiger charge is -2.10. The second-order valence-corrected chi connectivity index (χ2v) is 4.21. The third-order valence-corrected chi connectivity index (χ3v) is 2.86. The van der Waals surface area contributed by atoms with Crippen LogP contribution in [-0.2, 0) is 0 Å². The first kappa shape index (κ1) is 11.5. The van der Waals surface area contributed by atoms with E-state index in [1.807, 2.05) is 31.2 Å². The summed E-state index contributed by atoms with van der Waals surface area (Å²) in [4.78, 5) is 0. The summed E-state index contributed by atoms with van der Waals surface area (Å²) in [5, 5.41) is 9.54. The number of rotatable bonds is 2. The second kappa shape index (κ2) is 4.50. The highest BCUT2D eigenvalue weighted by atomic mass is 16.5. The number of benzene rings is 2. The SMILES string of the molecule is COc1ccc(C)cc1-c1ccc(O)c(C)c1. The third-order valence-electron chi connectivity index (χ3n) is 2.86. The van der Waals surface area contributed by atoms with Crippen molar-refractivity contribution in [3.63, 3.8) is 0 Å². The van der Waals surface area contributed by atoms with Crippen molar-refractivity contribution in [2.45, 2.75) is 13.8 Å². The molecule has 88 valence electrons. The van der Waals surface area contributed by atoms with Crippen LogP contribution in [-0.4, -0.2) is 12.2 Å². The molecule has 2 aromatic carbocycles. The largest absolute Gasteiger partial charge is 0.508 e. The zero-order valence-electron chi connectivity index (χ0n) is 10.3. The average molecular weight is 228 g/mol. The Kier molecular flexibility index (Phi) is 3.05. The average Bonchev–Trinajstić information content (AvgIpc) is 2.32. The third kappa shape index (κ3) is 2.26. The van der Waals surface area contributed by atoms with Crippen LogP contribution in [0.3, 0.4) is 0 Å². The molecule has 0 radical (unpaired) electrons. The van der Waals surface area contributed by atoms with Crippen LogP contribution in [0, 0.1) is 13.8 Å². The van der Waals surface area contributed by atoms with Gasteiger partial charge in [0, 0.05) is 5.56 Å². The van der Waals surface area contributed by atoms with Gasteiger partial charge in [-0.15, -0.1) is 0 Å². The molecule has 0 spiro atoms. The van der Waals surface area contributed by atoms with Crippen molar-refractivity contribution in [3.05, 3.63) is 47.5 Å². The molecule has 0 aliphatic heterocycles. The van der Waals surface area contributed by atoms with E-state index in [1.165, 1.54) is 5.56 Å². The zero-order chi connectivity index (χ0) is 12.4. The Morgan fingerprint density at radius 1 is 1.00 bits per heavy atom. The monoisotopic (exact) mass is 228 g/mol. The zero-order valence-corrected chi connectivity index (χ0v) is 10.3. The van der Waals surface area contributed by atoms with Gasteiger partial charge in [0.25, 0.3) is 0 Å². The molecule has 2 rings (SSSR count). The normalized spacial score (nSPS) is 10.3. The van der Waals surface area contributed by atoms with Gasteiger partial charge in [0.2, 0.25) is 0 Å². The summed E-state index contributed by atoms with van der Waals surface area (Å²) in [5.74, 6) is 1.17. The molecule has 0 saturated heterocycles. The van der Waals surface area contributed by atoms with Crippen LogP contribution in [0.1, 0.15) is 11.1 Å². The predicted octanol–water partition coefficient (Wildman–Crippen LogP) is 3.68. The van der Waals surface area contributed by atoms with E-state index in [1.54, 1.807) is 13.2 Å². The molecule has 1 N–H and O–H groups in total. The number of hydrogen-bond acceptors (Lipinski definition) is 2. The number of phenols is 1. The number of phenolic OH excluding ortho intramolecular Hbond substituents is 1. The van der Waals surface area contributed by atoms with E-state index in [9.17, 15) is 5.11 Å². The Labute approximate surface area is 101 Å². The quantitative estimate of drug-likeness (QED) is 0.849. The van der Waals surface area contributed by atoms with E-state index < -0.39 is 0 Å². The number of hydrogen-bond donors (Lipinski definition) is 1. The lowest BCUT2D eigenvalue weighted by Crippen LogP contribution is -1.89. The van der Waals surface area contributed by atoms with Gasteiger partial charge in [-0.25, -0.2) is 0 Å². The van der Waals surface area contributed by atoms with Crippen molar-refractivity contribution in [2.24, 2.45) is 0 Å². The maximum atomic E-state index is 9.54. The fraction of sp³-hybridized carbons (Fsp3) is 0.200. The van der Waals surface area contributed by atoms with Crippen LogP contribution in [0.5, 0.6) is 11.5 Å². The van der Waals surface area contributed by atoms with Crippen molar-refractivity contribution in [1.29, 1.82) is 0 Å². The van der Waals surface area contributed by atoms with Crippen molar-refractivity contribution in [1.82, 2.24) is 0 Å². The molecule has 2 heteroatoms. The van der Waals surface area contributed by atoms with Gasteiger partial charge in [-0.1, -0.05) is 17.7 Å². The molecule has 0 atom stereocenters. The molecular weight excluding hydrogens is 212 g/mol. The van der Waals surface area contributed by atoms with Gasteiger partial charge in [-0.05, 0) is 49.2 Å². The summed E-state index contributed by atoms with van der Waals surface area (Å²) < 4.78 is 5.36. The molecule has 2 nitrogen and oxygen atoms in total. The first-order chi connectivity index (χ1) is 8.11. The van der Waals surface area contributed by atoms with Gasteiger partial charge in [0.1, 0.15) is 11.5 Å². The summed E-state index contributed by atoms with van der Waals surface area (Å²) in [7, 11) is 1.67. The lowest BCUT2D eigenvalue weighted by molar-refractivity contribution is 0.416. The summed E-state index contributed by atoms with van der Waals surface area (Å²) in [6, 6.07) is 11.7. The molecule has 0 fully saturated rings. The number of ether oxygens (including phenoxy) is 1. The van der Waals surface area contributed by atoms with Crippen molar-refractivity contribution in [2.75, 3.05) is 7.11 Å². The Bertz CT molecular complexity index is 545. The smallest absolute Gasteiger partial charge is 0.126 e. The highest BCUT2D eigenvalue weighted by molar-refractivity contribution is 5.72. The van der Waals surface area contributed by atoms with E-state index in [2.05, 4.69) is 13.0 Å².